The van der Waals surface area contributed by atoms with Gasteiger partial charge in [-0.15, -0.1) is 0 Å². The van der Waals surface area contributed by atoms with Crippen molar-refractivity contribution in [3.63, 3.8) is 0 Å². The van der Waals surface area contributed by atoms with Crippen molar-refractivity contribution in [2.45, 2.75) is 39.2 Å². The summed E-state index contributed by atoms with van der Waals surface area (Å²) in [5, 5.41) is 3.41. The Balaban J connectivity index is 1.52. The first-order valence-electron chi connectivity index (χ1n) is 8.51. The molecule has 0 radical (unpaired) electrons. The Labute approximate surface area is 138 Å². The summed E-state index contributed by atoms with van der Waals surface area (Å²) < 4.78 is 5.84. The van der Waals surface area contributed by atoms with Gasteiger partial charge in [0.05, 0.1) is 11.9 Å². The summed E-state index contributed by atoms with van der Waals surface area (Å²) in [6, 6.07) is 10.2. The molecular formula is C19H25N3O. The topological polar surface area (TPSA) is 47.0 Å². The van der Waals surface area contributed by atoms with E-state index < -0.39 is 0 Å². The zero-order valence-electron chi connectivity index (χ0n) is 13.8. The van der Waals surface area contributed by atoms with Crippen LogP contribution in [0.1, 0.15) is 36.3 Å². The average molecular weight is 311 g/mol. The third kappa shape index (κ3) is 4.76. The van der Waals surface area contributed by atoms with Crippen molar-refractivity contribution in [1.29, 1.82) is 0 Å². The lowest BCUT2D eigenvalue weighted by molar-refractivity contribution is 0.300. The van der Waals surface area contributed by atoms with Gasteiger partial charge < -0.3 is 10.1 Å². The minimum Gasteiger partial charge on any atom is -0.485 e. The maximum atomic E-state index is 5.84. The third-order valence-electron chi connectivity index (χ3n) is 4.46. The summed E-state index contributed by atoms with van der Waals surface area (Å²) >= 11 is 0. The quantitative estimate of drug-likeness (QED) is 0.889. The number of nitrogens with zero attached hydrogens (tertiary/aromatic N) is 2. The van der Waals surface area contributed by atoms with E-state index in [1.165, 1.54) is 19.3 Å². The molecule has 0 bridgehead atoms. The molecule has 1 aromatic carbocycles. The van der Waals surface area contributed by atoms with Crippen molar-refractivity contribution >= 4 is 0 Å². The summed E-state index contributed by atoms with van der Waals surface area (Å²) in [5.41, 5.74) is 2.08. The lowest BCUT2D eigenvalue weighted by Crippen LogP contribution is -2.28. The fraction of sp³-hybridized carbons (Fsp3) is 0.474. The Hall–Kier alpha value is -1.94. The zero-order valence-corrected chi connectivity index (χ0v) is 13.8. The molecule has 1 fully saturated rings. The molecule has 2 heterocycles. The Morgan fingerprint density at radius 2 is 1.96 bits per heavy atom. The van der Waals surface area contributed by atoms with Crippen molar-refractivity contribution in [2.75, 3.05) is 13.1 Å². The second-order valence-electron chi connectivity index (χ2n) is 6.24. The first-order valence-corrected chi connectivity index (χ1v) is 8.51. The van der Waals surface area contributed by atoms with Gasteiger partial charge in [0.15, 0.2) is 5.75 Å². The van der Waals surface area contributed by atoms with Gasteiger partial charge in [0.25, 0.3) is 0 Å². The lowest BCUT2D eigenvalue weighted by Gasteiger charge is -2.22. The molecular weight excluding hydrogens is 286 g/mol. The number of aromatic nitrogens is 2. The van der Waals surface area contributed by atoms with Gasteiger partial charge in [0.1, 0.15) is 12.4 Å². The summed E-state index contributed by atoms with van der Waals surface area (Å²) in [7, 11) is 0. The molecule has 23 heavy (non-hydrogen) atoms. The predicted molar refractivity (Wildman–Crippen MR) is 91.5 cm³/mol. The monoisotopic (exact) mass is 311 g/mol. The predicted octanol–water partition coefficient (Wildman–Crippen LogP) is 3.30. The second-order valence-corrected chi connectivity index (χ2v) is 6.24. The zero-order chi connectivity index (χ0) is 15.9. The van der Waals surface area contributed by atoms with E-state index in [1.807, 2.05) is 31.3 Å². The summed E-state index contributed by atoms with van der Waals surface area (Å²) in [5.74, 6) is 2.53. The van der Waals surface area contributed by atoms with Gasteiger partial charge in [-0.3, -0.25) is 0 Å². The molecule has 4 nitrogen and oxygen atoms in total. The number of rotatable bonds is 6. The van der Waals surface area contributed by atoms with Gasteiger partial charge in [-0.25, -0.2) is 9.97 Å². The molecule has 4 heteroatoms. The number of aryl methyl sites for hydroxylation is 2. The van der Waals surface area contributed by atoms with Crippen molar-refractivity contribution in [3.05, 3.63) is 53.6 Å². The Bertz CT molecular complexity index is 609. The maximum absolute atomic E-state index is 5.84. The molecule has 1 aliphatic rings. The molecule has 1 aromatic heterocycles. The molecule has 0 spiro atoms. The van der Waals surface area contributed by atoms with Crippen LogP contribution in [0.15, 0.2) is 36.5 Å². The molecule has 1 aliphatic heterocycles. The highest BCUT2D eigenvalue weighted by Gasteiger charge is 2.14. The van der Waals surface area contributed by atoms with E-state index in [0.29, 0.717) is 6.61 Å². The number of hydrogen-bond acceptors (Lipinski definition) is 4. The van der Waals surface area contributed by atoms with Crippen LogP contribution < -0.4 is 10.1 Å². The van der Waals surface area contributed by atoms with Crippen molar-refractivity contribution in [1.82, 2.24) is 15.3 Å². The number of hydrogen-bond donors (Lipinski definition) is 1. The third-order valence-corrected chi connectivity index (χ3v) is 4.46. The molecule has 0 saturated carbocycles. The van der Waals surface area contributed by atoms with Crippen molar-refractivity contribution in [2.24, 2.45) is 5.92 Å². The van der Waals surface area contributed by atoms with E-state index in [0.717, 1.165) is 48.3 Å². The number of ether oxygens (including phenoxy) is 1. The van der Waals surface area contributed by atoms with E-state index >= 15 is 0 Å². The molecule has 0 atom stereocenters. The lowest BCUT2D eigenvalue weighted by atomic mass is 9.93. The van der Waals surface area contributed by atoms with E-state index in [9.17, 15) is 0 Å². The normalized spacial score (nSPS) is 15.5. The van der Waals surface area contributed by atoms with Gasteiger partial charge in [0, 0.05) is 6.42 Å². The number of nitrogens with one attached hydrogen (secondary N) is 1. The van der Waals surface area contributed by atoms with Crippen LogP contribution in [0.5, 0.6) is 5.75 Å². The minimum absolute atomic E-state index is 0.555. The SMILES string of the molecule is Cc1nc(CCC2CCNCC2)ncc1OCc1ccccc1. The van der Waals surface area contributed by atoms with Crippen LogP contribution in [0.2, 0.25) is 0 Å². The van der Waals surface area contributed by atoms with Gasteiger partial charge in [-0.2, -0.15) is 0 Å². The van der Waals surface area contributed by atoms with E-state index in [2.05, 4.69) is 27.4 Å². The standard InChI is InChI=1S/C19H25N3O/c1-15-18(23-14-17-5-3-2-4-6-17)13-21-19(22-15)8-7-16-9-11-20-12-10-16/h2-6,13,16,20H,7-12,14H2,1H3. The highest BCUT2D eigenvalue weighted by Crippen LogP contribution is 2.20. The molecule has 3 rings (SSSR count). The highest BCUT2D eigenvalue weighted by atomic mass is 16.5. The van der Waals surface area contributed by atoms with Crippen molar-refractivity contribution in [3.8, 4) is 5.75 Å². The molecule has 0 unspecified atom stereocenters. The Kier molecular flexibility index (Phi) is 5.59. The fourth-order valence-corrected chi connectivity index (χ4v) is 3.01. The Morgan fingerprint density at radius 3 is 2.70 bits per heavy atom. The molecule has 122 valence electrons. The first kappa shape index (κ1) is 15.9. The largest absolute Gasteiger partial charge is 0.485 e. The summed E-state index contributed by atoms with van der Waals surface area (Å²) in [4.78, 5) is 9.10. The van der Waals surface area contributed by atoms with Crippen LogP contribution in [-0.4, -0.2) is 23.1 Å². The molecule has 0 aliphatic carbocycles. The van der Waals surface area contributed by atoms with Crippen LogP contribution in [0, 0.1) is 12.8 Å². The summed E-state index contributed by atoms with van der Waals surface area (Å²) in [6.07, 6.45) is 6.52. The van der Waals surface area contributed by atoms with Gasteiger partial charge in [0.2, 0.25) is 0 Å². The number of benzene rings is 1. The molecule has 1 saturated heterocycles. The highest BCUT2D eigenvalue weighted by molar-refractivity contribution is 5.24. The van der Waals surface area contributed by atoms with Crippen LogP contribution in [0.3, 0.4) is 0 Å². The van der Waals surface area contributed by atoms with E-state index in [1.54, 1.807) is 0 Å². The second kappa shape index (κ2) is 8.06. The maximum Gasteiger partial charge on any atom is 0.159 e. The minimum atomic E-state index is 0.555. The average Bonchev–Trinajstić information content (AvgIpc) is 2.61. The van der Waals surface area contributed by atoms with Gasteiger partial charge in [-0.05, 0) is 50.8 Å². The van der Waals surface area contributed by atoms with Gasteiger partial charge in [-0.1, -0.05) is 30.3 Å². The molecule has 0 amide bonds. The van der Waals surface area contributed by atoms with Crippen LogP contribution in [-0.2, 0) is 13.0 Å². The van der Waals surface area contributed by atoms with Crippen LogP contribution >= 0.6 is 0 Å². The Morgan fingerprint density at radius 1 is 1.17 bits per heavy atom. The smallest absolute Gasteiger partial charge is 0.159 e. The van der Waals surface area contributed by atoms with Crippen LogP contribution in [0.4, 0.5) is 0 Å². The summed E-state index contributed by atoms with van der Waals surface area (Å²) in [6.45, 7) is 4.85. The van der Waals surface area contributed by atoms with Gasteiger partial charge >= 0.3 is 0 Å². The molecule has 1 N–H and O–H groups in total. The van der Waals surface area contributed by atoms with Crippen LogP contribution in [0.25, 0.3) is 0 Å². The fourth-order valence-electron chi connectivity index (χ4n) is 3.01. The van der Waals surface area contributed by atoms with Crippen molar-refractivity contribution < 1.29 is 4.74 Å². The number of piperidine rings is 1. The first-order chi connectivity index (χ1) is 11.3. The van der Waals surface area contributed by atoms with E-state index in [4.69, 9.17) is 4.74 Å². The van der Waals surface area contributed by atoms with E-state index in [-0.39, 0.29) is 0 Å². The molecule has 2 aromatic rings.